The summed E-state index contributed by atoms with van der Waals surface area (Å²) < 4.78 is 18.9. The van der Waals surface area contributed by atoms with Crippen molar-refractivity contribution in [1.82, 2.24) is 9.88 Å². The molecule has 6 heteroatoms. The van der Waals surface area contributed by atoms with E-state index in [4.69, 9.17) is 4.74 Å². The predicted octanol–water partition coefficient (Wildman–Crippen LogP) is 3.92. The lowest BCUT2D eigenvalue weighted by molar-refractivity contribution is -0.122. The van der Waals surface area contributed by atoms with E-state index >= 15 is 0 Å². The number of benzene rings is 2. The number of ether oxygens (including phenoxy) is 1. The van der Waals surface area contributed by atoms with Gasteiger partial charge in [-0.3, -0.25) is 14.7 Å². The smallest absolute Gasteiger partial charge is 0.154 e. The number of hydrogen-bond acceptors (Lipinski definition) is 5. The Morgan fingerprint density at radius 3 is 2.65 bits per heavy atom. The van der Waals surface area contributed by atoms with Gasteiger partial charge in [0, 0.05) is 42.8 Å². The molecular formula is C25H26FN3O2. The van der Waals surface area contributed by atoms with Crippen LogP contribution in [0.3, 0.4) is 0 Å². The fourth-order valence-electron chi connectivity index (χ4n) is 4.81. The zero-order chi connectivity index (χ0) is 21.5. The molecule has 0 amide bonds. The Labute approximate surface area is 181 Å². The summed E-state index contributed by atoms with van der Waals surface area (Å²) in [5.41, 5.74) is 2.73. The number of nitrogens with one attached hydrogen (secondary N) is 1. The van der Waals surface area contributed by atoms with Crippen LogP contribution in [-0.4, -0.2) is 48.0 Å². The van der Waals surface area contributed by atoms with Crippen LogP contribution in [0.5, 0.6) is 5.75 Å². The number of nitrogens with zero attached hydrogens (tertiary/aromatic N) is 2. The van der Waals surface area contributed by atoms with E-state index in [9.17, 15) is 9.18 Å². The molecule has 2 heterocycles. The average molecular weight is 420 g/mol. The molecule has 0 radical (unpaired) electrons. The number of hydrogen-bond donors (Lipinski definition) is 1. The number of anilines is 1. The van der Waals surface area contributed by atoms with Crippen molar-refractivity contribution in [1.29, 1.82) is 0 Å². The van der Waals surface area contributed by atoms with Crippen molar-refractivity contribution in [3.8, 4) is 5.75 Å². The number of ketones is 1. The minimum Gasteiger partial charge on any atom is -0.497 e. The van der Waals surface area contributed by atoms with Crippen LogP contribution in [0.4, 0.5) is 10.1 Å². The van der Waals surface area contributed by atoms with Gasteiger partial charge in [-0.2, -0.15) is 0 Å². The molecule has 1 saturated heterocycles. The Morgan fingerprint density at radius 2 is 1.94 bits per heavy atom. The van der Waals surface area contributed by atoms with Crippen LogP contribution in [0.25, 0.3) is 10.9 Å². The molecule has 1 aliphatic carbocycles. The number of carbonyl (C=O) groups is 1. The fourth-order valence-corrected chi connectivity index (χ4v) is 4.81. The van der Waals surface area contributed by atoms with Crippen molar-refractivity contribution in [2.45, 2.75) is 25.4 Å². The lowest BCUT2D eigenvalue weighted by Crippen LogP contribution is -2.41. The first-order valence-electron chi connectivity index (χ1n) is 10.7. The number of rotatable bonds is 7. The summed E-state index contributed by atoms with van der Waals surface area (Å²) in [5.74, 6) is 1.83. The average Bonchev–Trinajstić information content (AvgIpc) is 3.21. The van der Waals surface area contributed by atoms with E-state index in [0.29, 0.717) is 24.3 Å². The summed E-state index contributed by atoms with van der Waals surface area (Å²) in [4.78, 5) is 19.4. The number of Topliss-reactive ketones (excluding diaryl/α,β-unsaturated/α-hetero) is 1. The number of halogens is 1. The minimum atomic E-state index is -0.255. The van der Waals surface area contributed by atoms with E-state index in [0.717, 1.165) is 41.0 Å². The third-order valence-electron chi connectivity index (χ3n) is 6.80. The number of aromatic nitrogens is 1. The van der Waals surface area contributed by atoms with Crippen LogP contribution in [0.1, 0.15) is 12.5 Å². The van der Waals surface area contributed by atoms with Crippen molar-refractivity contribution in [2.24, 2.45) is 11.8 Å². The zero-order valence-corrected chi connectivity index (χ0v) is 17.7. The Kier molecular flexibility index (Phi) is 5.10. The minimum absolute atomic E-state index is 0.0913. The number of likely N-dealkylation sites (tertiary alicyclic amines) is 1. The Morgan fingerprint density at radius 1 is 1.19 bits per heavy atom. The zero-order valence-electron chi connectivity index (χ0n) is 17.7. The molecule has 5 nitrogen and oxygen atoms in total. The quantitative estimate of drug-likeness (QED) is 0.629. The van der Waals surface area contributed by atoms with Gasteiger partial charge in [0.05, 0.1) is 18.7 Å². The lowest BCUT2D eigenvalue weighted by atomic mass is 10.0. The second-order valence-electron chi connectivity index (χ2n) is 8.64. The number of methoxy groups -OCH3 is 1. The monoisotopic (exact) mass is 419 g/mol. The molecule has 3 atom stereocenters. The molecular weight excluding hydrogens is 393 g/mol. The summed E-state index contributed by atoms with van der Waals surface area (Å²) in [6, 6.07) is 14.6. The molecule has 3 aromatic rings. The molecule has 2 aromatic carbocycles. The van der Waals surface area contributed by atoms with Crippen molar-refractivity contribution in [3.63, 3.8) is 0 Å². The van der Waals surface area contributed by atoms with Gasteiger partial charge < -0.3 is 10.1 Å². The maximum atomic E-state index is 13.7. The van der Waals surface area contributed by atoms with Gasteiger partial charge in [0.15, 0.2) is 5.78 Å². The lowest BCUT2D eigenvalue weighted by Gasteiger charge is -2.26. The molecule has 31 heavy (non-hydrogen) atoms. The standard InChI is InChI=1S/C25H26FN3O2/c1-15(24(30)11-16-3-6-18(31-2)7-4-16)29-13-20-21(14-29)25(20)28-23-9-10-27-22-8-5-17(26)12-19(22)23/h3-10,12,15,20-21,25H,11,13-14H2,1-2H3,(H,27,28). The molecule has 2 fully saturated rings. The molecule has 5 rings (SSSR count). The van der Waals surface area contributed by atoms with Gasteiger partial charge in [-0.25, -0.2) is 4.39 Å². The SMILES string of the molecule is COc1ccc(CC(=O)C(C)N2CC3C(C2)C3Nc2ccnc3ccc(F)cc23)cc1. The Bertz CT molecular complexity index is 1110. The summed E-state index contributed by atoms with van der Waals surface area (Å²) in [6.07, 6.45) is 2.19. The van der Waals surface area contributed by atoms with Gasteiger partial charge in [0.2, 0.25) is 0 Å². The maximum absolute atomic E-state index is 13.7. The molecule has 1 saturated carbocycles. The summed E-state index contributed by atoms with van der Waals surface area (Å²) in [6.45, 7) is 3.84. The third kappa shape index (κ3) is 3.88. The second kappa shape index (κ2) is 7.93. The molecule has 3 unspecified atom stereocenters. The highest BCUT2D eigenvalue weighted by atomic mass is 19.1. The second-order valence-corrected chi connectivity index (χ2v) is 8.64. The van der Waals surface area contributed by atoms with E-state index in [1.165, 1.54) is 12.1 Å². The predicted molar refractivity (Wildman–Crippen MR) is 119 cm³/mol. The molecule has 0 bridgehead atoms. The number of pyridine rings is 1. The van der Waals surface area contributed by atoms with Gasteiger partial charge >= 0.3 is 0 Å². The fraction of sp³-hybridized carbons (Fsp3) is 0.360. The first-order valence-corrected chi connectivity index (χ1v) is 10.7. The van der Waals surface area contributed by atoms with Crippen LogP contribution in [0.15, 0.2) is 54.7 Å². The number of piperidine rings is 1. The van der Waals surface area contributed by atoms with E-state index in [-0.39, 0.29) is 17.6 Å². The molecule has 160 valence electrons. The van der Waals surface area contributed by atoms with E-state index in [1.807, 2.05) is 37.3 Å². The van der Waals surface area contributed by atoms with Gasteiger partial charge in [0.25, 0.3) is 0 Å². The normalized spacial score (nSPS) is 23.4. The highest BCUT2D eigenvalue weighted by Gasteiger charge is 2.56. The van der Waals surface area contributed by atoms with E-state index in [2.05, 4.69) is 15.2 Å². The van der Waals surface area contributed by atoms with Crippen LogP contribution in [-0.2, 0) is 11.2 Å². The molecule has 1 aromatic heterocycles. The van der Waals surface area contributed by atoms with Gasteiger partial charge in [-0.05, 0) is 60.7 Å². The number of carbonyl (C=O) groups excluding carboxylic acids is 1. The van der Waals surface area contributed by atoms with Gasteiger partial charge in [-0.1, -0.05) is 12.1 Å². The van der Waals surface area contributed by atoms with E-state index in [1.54, 1.807) is 19.4 Å². The van der Waals surface area contributed by atoms with Crippen molar-refractivity contribution in [3.05, 3.63) is 66.1 Å². The van der Waals surface area contributed by atoms with Gasteiger partial charge in [-0.15, -0.1) is 0 Å². The van der Waals surface area contributed by atoms with Crippen LogP contribution < -0.4 is 10.1 Å². The van der Waals surface area contributed by atoms with Crippen LogP contribution >= 0.6 is 0 Å². The summed E-state index contributed by atoms with van der Waals surface area (Å²) >= 11 is 0. The van der Waals surface area contributed by atoms with E-state index < -0.39 is 0 Å². The first kappa shape index (κ1) is 19.9. The Balaban J connectivity index is 1.18. The highest BCUT2D eigenvalue weighted by molar-refractivity contribution is 5.91. The highest BCUT2D eigenvalue weighted by Crippen LogP contribution is 2.48. The van der Waals surface area contributed by atoms with Gasteiger partial charge in [0.1, 0.15) is 11.6 Å². The topological polar surface area (TPSA) is 54.5 Å². The van der Waals surface area contributed by atoms with Crippen LogP contribution in [0, 0.1) is 17.7 Å². The first-order chi connectivity index (χ1) is 15.0. The van der Waals surface area contributed by atoms with Crippen molar-refractivity contribution >= 4 is 22.4 Å². The third-order valence-corrected chi connectivity index (χ3v) is 6.80. The molecule has 2 aliphatic rings. The largest absolute Gasteiger partial charge is 0.497 e. The number of fused-ring (bicyclic) bond motifs is 2. The van der Waals surface area contributed by atoms with Crippen molar-refractivity contribution in [2.75, 3.05) is 25.5 Å². The maximum Gasteiger partial charge on any atom is 0.154 e. The summed E-state index contributed by atoms with van der Waals surface area (Å²) in [7, 11) is 1.64. The Hall–Kier alpha value is -2.99. The summed E-state index contributed by atoms with van der Waals surface area (Å²) in [5, 5.41) is 4.41. The van der Waals surface area contributed by atoms with Crippen LogP contribution in [0.2, 0.25) is 0 Å². The molecule has 0 spiro atoms. The van der Waals surface area contributed by atoms with Crippen molar-refractivity contribution < 1.29 is 13.9 Å². The molecule has 1 N–H and O–H groups in total. The molecule has 1 aliphatic heterocycles.